The molecule has 3 aromatic rings. The topological polar surface area (TPSA) is 83.3 Å². The molecule has 0 radical (unpaired) electrons. The van der Waals surface area contributed by atoms with Crippen molar-refractivity contribution in [2.45, 2.75) is 6.92 Å². The van der Waals surface area contributed by atoms with E-state index in [0.717, 1.165) is 16.5 Å². The maximum atomic E-state index is 12.2. The van der Waals surface area contributed by atoms with E-state index in [1.807, 2.05) is 6.07 Å². The summed E-state index contributed by atoms with van der Waals surface area (Å²) in [5.41, 5.74) is 0.370. The second-order valence-corrected chi connectivity index (χ2v) is 5.47. The van der Waals surface area contributed by atoms with E-state index in [-0.39, 0.29) is 11.3 Å². The third-order valence-corrected chi connectivity index (χ3v) is 3.63. The van der Waals surface area contributed by atoms with Crippen molar-refractivity contribution < 1.29 is 14.3 Å². The van der Waals surface area contributed by atoms with Crippen LogP contribution in [0.2, 0.25) is 5.02 Å². The van der Waals surface area contributed by atoms with Crippen LogP contribution in [0.5, 0.6) is 5.75 Å². The minimum atomic E-state index is -0.862. The first kappa shape index (κ1) is 15.1. The molecule has 2 aromatic heterocycles. The first-order chi connectivity index (χ1) is 11.0. The maximum Gasteiger partial charge on any atom is 0.351 e. The molecule has 0 aliphatic carbocycles. The van der Waals surface area contributed by atoms with Gasteiger partial charge in [-0.3, -0.25) is 4.79 Å². The zero-order valence-corrected chi connectivity index (χ0v) is 12.8. The van der Waals surface area contributed by atoms with Gasteiger partial charge >= 0.3 is 5.63 Å². The first-order valence-corrected chi connectivity index (χ1v) is 7.16. The van der Waals surface area contributed by atoms with Gasteiger partial charge in [-0.15, -0.1) is 0 Å². The van der Waals surface area contributed by atoms with Crippen LogP contribution >= 0.6 is 11.6 Å². The highest BCUT2D eigenvalue weighted by molar-refractivity contribution is 6.31. The number of aromatic nitrogens is 1. The molecule has 0 bridgehead atoms. The number of aromatic hydroxyl groups is 1. The fraction of sp³-hybridized carbons (Fsp3) is 0.0588. The summed E-state index contributed by atoms with van der Waals surface area (Å²) in [6.07, 6.45) is 4.49. The molecule has 5 nitrogen and oxygen atoms in total. The Balaban J connectivity index is 1.98. The SMILES string of the molecule is Cc1cc(O)c(C(=O)/C=C/c2c[nH]c3ccc(Cl)cc23)c(=O)o1. The molecule has 3 rings (SSSR count). The maximum absolute atomic E-state index is 12.2. The molecule has 0 aliphatic rings. The summed E-state index contributed by atoms with van der Waals surface area (Å²) < 4.78 is 4.84. The van der Waals surface area contributed by atoms with Gasteiger partial charge in [-0.1, -0.05) is 11.6 Å². The molecule has 2 N–H and O–H groups in total. The Bertz CT molecular complexity index is 997. The fourth-order valence-electron chi connectivity index (χ4n) is 2.32. The summed E-state index contributed by atoms with van der Waals surface area (Å²) >= 11 is 5.97. The van der Waals surface area contributed by atoms with Gasteiger partial charge in [0.25, 0.3) is 0 Å². The molecule has 0 atom stereocenters. The highest BCUT2D eigenvalue weighted by Gasteiger charge is 2.16. The number of hydrogen-bond donors (Lipinski definition) is 2. The zero-order chi connectivity index (χ0) is 16.6. The highest BCUT2D eigenvalue weighted by atomic mass is 35.5. The summed E-state index contributed by atoms with van der Waals surface area (Å²) in [6, 6.07) is 6.59. The average Bonchev–Trinajstić information content (AvgIpc) is 2.86. The number of carbonyl (C=O) groups is 1. The average molecular weight is 330 g/mol. The molecule has 0 fully saturated rings. The number of rotatable bonds is 3. The lowest BCUT2D eigenvalue weighted by Gasteiger charge is -1.99. The van der Waals surface area contributed by atoms with Crippen LogP contribution in [0.25, 0.3) is 17.0 Å². The summed E-state index contributed by atoms with van der Waals surface area (Å²) in [4.78, 5) is 26.9. The lowest BCUT2D eigenvalue weighted by molar-refractivity contribution is 0.104. The minimum absolute atomic E-state index is 0.235. The van der Waals surface area contributed by atoms with Gasteiger partial charge in [-0.25, -0.2) is 4.79 Å². The number of allylic oxidation sites excluding steroid dienone is 1. The van der Waals surface area contributed by atoms with Crippen LogP contribution in [0.15, 0.2) is 45.8 Å². The Hall–Kier alpha value is -2.79. The second kappa shape index (κ2) is 5.78. The van der Waals surface area contributed by atoms with E-state index in [4.69, 9.17) is 16.0 Å². The van der Waals surface area contributed by atoms with Gasteiger partial charge in [0.15, 0.2) is 5.78 Å². The number of halogens is 1. The lowest BCUT2D eigenvalue weighted by Crippen LogP contribution is -2.12. The predicted molar refractivity (Wildman–Crippen MR) is 88.1 cm³/mol. The molecule has 0 unspecified atom stereocenters. The molecule has 2 heterocycles. The summed E-state index contributed by atoms with van der Waals surface area (Å²) in [6.45, 7) is 1.51. The van der Waals surface area contributed by atoms with E-state index in [1.165, 1.54) is 19.1 Å². The zero-order valence-electron chi connectivity index (χ0n) is 12.1. The van der Waals surface area contributed by atoms with Crippen molar-refractivity contribution in [1.82, 2.24) is 4.98 Å². The molecule has 0 saturated carbocycles. The minimum Gasteiger partial charge on any atom is -0.507 e. The summed E-state index contributed by atoms with van der Waals surface area (Å²) in [7, 11) is 0. The van der Waals surface area contributed by atoms with Crippen LogP contribution in [0, 0.1) is 6.92 Å². The van der Waals surface area contributed by atoms with Crippen molar-refractivity contribution in [1.29, 1.82) is 0 Å². The van der Waals surface area contributed by atoms with Crippen LogP contribution in [-0.4, -0.2) is 15.9 Å². The van der Waals surface area contributed by atoms with E-state index in [0.29, 0.717) is 5.02 Å². The van der Waals surface area contributed by atoms with Crippen molar-refractivity contribution in [3.05, 3.63) is 68.9 Å². The van der Waals surface area contributed by atoms with Gasteiger partial charge < -0.3 is 14.5 Å². The van der Waals surface area contributed by atoms with Crippen LogP contribution < -0.4 is 5.63 Å². The van der Waals surface area contributed by atoms with Gasteiger partial charge in [0.2, 0.25) is 0 Å². The van der Waals surface area contributed by atoms with E-state index in [1.54, 1.807) is 24.4 Å². The van der Waals surface area contributed by atoms with Crippen LogP contribution in [0.4, 0.5) is 0 Å². The number of carbonyl (C=O) groups excluding carboxylic acids is 1. The summed E-state index contributed by atoms with van der Waals surface area (Å²) in [5, 5.41) is 11.2. The van der Waals surface area contributed by atoms with Crippen LogP contribution in [0.1, 0.15) is 21.7 Å². The standard InChI is InChI=1S/C17H12ClNO4/c1-9-6-15(21)16(17(22)23-9)14(20)5-2-10-8-19-13-4-3-11(18)7-12(10)13/h2-8,19,21H,1H3/b5-2+. The largest absolute Gasteiger partial charge is 0.507 e. The second-order valence-electron chi connectivity index (χ2n) is 5.04. The number of ketones is 1. The number of aryl methyl sites for hydroxylation is 1. The van der Waals surface area contributed by atoms with Crippen molar-refractivity contribution in [2.75, 3.05) is 0 Å². The predicted octanol–water partition coefficient (Wildman–Crippen LogP) is 3.68. The highest BCUT2D eigenvalue weighted by Crippen LogP contribution is 2.23. The van der Waals surface area contributed by atoms with Crippen molar-refractivity contribution in [3.8, 4) is 5.75 Å². The number of aromatic amines is 1. The molecular formula is C17H12ClNO4. The Morgan fingerprint density at radius 2 is 2.13 bits per heavy atom. The van der Waals surface area contributed by atoms with Crippen LogP contribution in [-0.2, 0) is 0 Å². The number of nitrogens with one attached hydrogen (secondary N) is 1. The molecule has 0 aliphatic heterocycles. The molecule has 0 spiro atoms. The van der Waals surface area contributed by atoms with Crippen molar-refractivity contribution in [2.24, 2.45) is 0 Å². The summed E-state index contributed by atoms with van der Waals surface area (Å²) in [5.74, 6) is -0.790. The Kier molecular flexibility index (Phi) is 3.80. The van der Waals surface area contributed by atoms with Crippen LogP contribution in [0.3, 0.4) is 0 Å². The van der Waals surface area contributed by atoms with E-state index < -0.39 is 17.2 Å². The van der Waals surface area contributed by atoms with Gasteiger partial charge in [0.05, 0.1) is 0 Å². The molecule has 23 heavy (non-hydrogen) atoms. The number of hydrogen-bond acceptors (Lipinski definition) is 4. The molecular weight excluding hydrogens is 318 g/mol. The quantitative estimate of drug-likeness (QED) is 0.567. The fourth-order valence-corrected chi connectivity index (χ4v) is 2.50. The molecule has 116 valence electrons. The van der Waals surface area contributed by atoms with E-state index in [2.05, 4.69) is 4.98 Å². The Morgan fingerprint density at radius 1 is 1.35 bits per heavy atom. The molecule has 6 heteroatoms. The third kappa shape index (κ3) is 2.91. The smallest absolute Gasteiger partial charge is 0.351 e. The molecule has 0 amide bonds. The number of fused-ring (bicyclic) bond motifs is 1. The normalized spacial score (nSPS) is 11.4. The van der Waals surface area contributed by atoms with Gasteiger partial charge in [0, 0.05) is 28.2 Å². The van der Waals surface area contributed by atoms with Gasteiger partial charge in [0.1, 0.15) is 17.1 Å². The van der Waals surface area contributed by atoms with Gasteiger partial charge in [-0.2, -0.15) is 0 Å². The van der Waals surface area contributed by atoms with E-state index >= 15 is 0 Å². The third-order valence-electron chi connectivity index (χ3n) is 3.39. The number of benzene rings is 1. The monoisotopic (exact) mass is 329 g/mol. The number of H-pyrrole nitrogens is 1. The Morgan fingerprint density at radius 3 is 2.87 bits per heavy atom. The molecule has 1 aromatic carbocycles. The lowest BCUT2D eigenvalue weighted by atomic mass is 10.1. The Labute approximate surface area is 135 Å². The first-order valence-electron chi connectivity index (χ1n) is 6.78. The van der Waals surface area contributed by atoms with E-state index in [9.17, 15) is 14.7 Å². The van der Waals surface area contributed by atoms with Crippen molar-refractivity contribution in [3.63, 3.8) is 0 Å². The van der Waals surface area contributed by atoms with Crippen molar-refractivity contribution >= 4 is 34.4 Å². The molecule has 0 saturated heterocycles. The van der Waals surface area contributed by atoms with Gasteiger partial charge in [-0.05, 0) is 42.8 Å².